The smallest absolute Gasteiger partial charge is 0.243 e. The molecule has 0 atom stereocenters. The van der Waals surface area contributed by atoms with Gasteiger partial charge in [0, 0.05) is 31.7 Å². The fourth-order valence-corrected chi connectivity index (χ4v) is 5.77. The van der Waals surface area contributed by atoms with E-state index in [1.54, 1.807) is 23.5 Å². The number of sulfonamides is 1. The Labute approximate surface area is 178 Å². The summed E-state index contributed by atoms with van der Waals surface area (Å²) in [5, 5.41) is 0. The largest absolute Gasteiger partial charge is 0.497 e. The lowest BCUT2D eigenvalue weighted by molar-refractivity contribution is -0.118. The monoisotopic (exact) mass is 428 g/mol. The van der Waals surface area contributed by atoms with Gasteiger partial charge in [0.1, 0.15) is 5.75 Å². The van der Waals surface area contributed by atoms with Crippen molar-refractivity contribution in [1.29, 1.82) is 0 Å². The fourth-order valence-electron chi connectivity index (χ4n) is 4.25. The summed E-state index contributed by atoms with van der Waals surface area (Å²) in [5.74, 6) is 0.905. The van der Waals surface area contributed by atoms with Crippen LogP contribution < -0.4 is 9.64 Å². The van der Waals surface area contributed by atoms with Crippen molar-refractivity contribution in [2.75, 3.05) is 31.6 Å². The zero-order valence-corrected chi connectivity index (χ0v) is 18.2. The van der Waals surface area contributed by atoms with E-state index in [9.17, 15) is 13.2 Å². The van der Waals surface area contributed by atoms with Gasteiger partial charge in [-0.2, -0.15) is 4.31 Å². The molecule has 2 aliphatic heterocycles. The van der Waals surface area contributed by atoms with Gasteiger partial charge in [-0.3, -0.25) is 4.79 Å². The van der Waals surface area contributed by atoms with Crippen molar-refractivity contribution in [3.05, 3.63) is 53.6 Å². The van der Waals surface area contributed by atoms with E-state index >= 15 is 0 Å². The Morgan fingerprint density at radius 2 is 1.73 bits per heavy atom. The van der Waals surface area contributed by atoms with E-state index < -0.39 is 10.0 Å². The normalized spacial score (nSPS) is 17.0. The van der Waals surface area contributed by atoms with E-state index in [4.69, 9.17) is 4.74 Å². The number of methoxy groups -OCH3 is 1. The first-order valence-electron chi connectivity index (χ1n) is 10.6. The lowest BCUT2D eigenvalue weighted by Crippen LogP contribution is -2.35. The number of ether oxygens (including phenoxy) is 1. The van der Waals surface area contributed by atoms with Gasteiger partial charge in [0.15, 0.2) is 0 Å². The van der Waals surface area contributed by atoms with E-state index in [2.05, 4.69) is 0 Å². The molecular weight excluding hydrogens is 400 g/mol. The first kappa shape index (κ1) is 20.9. The highest BCUT2D eigenvalue weighted by molar-refractivity contribution is 7.89. The Morgan fingerprint density at radius 3 is 2.43 bits per heavy atom. The van der Waals surface area contributed by atoms with Gasteiger partial charge in [0.05, 0.1) is 12.0 Å². The van der Waals surface area contributed by atoms with Crippen LogP contribution >= 0.6 is 0 Å². The summed E-state index contributed by atoms with van der Waals surface area (Å²) in [4.78, 5) is 15.1. The third-order valence-electron chi connectivity index (χ3n) is 5.96. The minimum atomic E-state index is -3.40. The average molecular weight is 429 g/mol. The number of amides is 1. The highest BCUT2D eigenvalue weighted by atomic mass is 32.2. The van der Waals surface area contributed by atoms with Gasteiger partial charge >= 0.3 is 0 Å². The number of aryl methyl sites for hydroxylation is 2. The molecule has 7 heteroatoms. The molecule has 0 radical (unpaired) electrons. The zero-order valence-electron chi connectivity index (χ0n) is 17.3. The number of benzene rings is 2. The maximum absolute atomic E-state index is 12.9. The van der Waals surface area contributed by atoms with Crippen LogP contribution in [0.5, 0.6) is 5.75 Å². The summed E-state index contributed by atoms with van der Waals surface area (Å²) < 4.78 is 32.1. The molecule has 0 saturated carbocycles. The summed E-state index contributed by atoms with van der Waals surface area (Å²) in [5.41, 5.74) is 3.08. The van der Waals surface area contributed by atoms with E-state index in [1.165, 1.54) is 0 Å². The van der Waals surface area contributed by atoms with Crippen LogP contribution in [0.2, 0.25) is 0 Å². The number of carbonyl (C=O) groups is 1. The zero-order chi connectivity index (χ0) is 21.1. The number of rotatable bonds is 6. The van der Waals surface area contributed by atoms with Crippen LogP contribution in [0.25, 0.3) is 0 Å². The van der Waals surface area contributed by atoms with Crippen LogP contribution in [0.4, 0.5) is 5.69 Å². The molecule has 0 unspecified atom stereocenters. The lowest BCUT2D eigenvalue weighted by atomic mass is 10.0. The van der Waals surface area contributed by atoms with Gasteiger partial charge in [0.25, 0.3) is 0 Å². The third-order valence-corrected chi connectivity index (χ3v) is 7.87. The molecule has 30 heavy (non-hydrogen) atoms. The van der Waals surface area contributed by atoms with Gasteiger partial charge in [-0.25, -0.2) is 8.42 Å². The van der Waals surface area contributed by atoms with Crippen LogP contribution in [0.3, 0.4) is 0 Å². The Hall–Kier alpha value is -2.38. The number of fused-ring (bicyclic) bond motifs is 1. The number of nitrogens with zero attached hydrogens (tertiary/aromatic N) is 2. The molecule has 0 spiro atoms. The second-order valence-corrected chi connectivity index (χ2v) is 9.84. The molecule has 0 bridgehead atoms. The maximum Gasteiger partial charge on any atom is 0.243 e. The summed E-state index contributed by atoms with van der Waals surface area (Å²) in [7, 11) is -1.75. The van der Waals surface area contributed by atoms with Crippen LogP contribution in [-0.4, -0.2) is 45.4 Å². The minimum absolute atomic E-state index is 0.0925. The molecule has 4 rings (SSSR count). The number of hydrogen-bond acceptors (Lipinski definition) is 4. The molecule has 2 aromatic rings. The standard InChI is InChI=1S/C23H28N2O4S/c1-29-20-9-12-22-19(17-20)5-4-16-25(22)23(26)13-8-18-6-10-21(11-7-18)30(27,28)24-14-2-3-15-24/h6-7,9-12,17H,2-5,8,13-16H2,1H3. The molecule has 2 aliphatic rings. The van der Waals surface area contributed by atoms with Gasteiger partial charge in [-0.15, -0.1) is 0 Å². The predicted octanol–water partition coefficient (Wildman–Crippen LogP) is 3.39. The Bertz CT molecular complexity index is 1010. The number of carbonyl (C=O) groups excluding carboxylic acids is 1. The van der Waals surface area contributed by atoms with Crippen molar-refractivity contribution >= 4 is 21.6 Å². The van der Waals surface area contributed by atoms with E-state index in [0.717, 1.165) is 54.8 Å². The average Bonchev–Trinajstić information content (AvgIpc) is 3.33. The van der Waals surface area contributed by atoms with Crippen molar-refractivity contribution in [1.82, 2.24) is 4.31 Å². The SMILES string of the molecule is COc1ccc2c(c1)CCCN2C(=O)CCc1ccc(S(=O)(=O)N2CCCC2)cc1. The van der Waals surface area contributed by atoms with Crippen LogP contribution in [0, 0.1) is 0 Å². The second kappa shape index (κ2) is 8.78. The second-order valence-electron chi connectivity index (χ2n) is 7.90. The Morgan fingerprint density at radius 1 is 1.00 bits per heavy atom. The number of anilines is 1. The first-order chi connectivity index (χ1) is 14.5. The van der Waals surface area contributed by atoms with Crippen LogP contribution in [0.15, 0.2) is 47.4 Å². The van der Waals surface area contributed by atoms with Crippen LogP contribution in [0.1, 0.15) is 36.8 Å². The summed E-state index contributed by atoms with van der Waals surface area (Å²) in [6.45, 7) is 1.93. The quantitative estimate of drug-likeness (QED) is 0.707. The Kier molecular flexibility index (Phi) is 6.11. The molecule has 6 nitrogen and oxygen atoms in total. The lowest BCUT2D eigenvalue weighted by Gasteiger charge is -2.30. The summed E-state index contributed by atoms with van der Waals surface area (Å²) in [6, 6.07) is 12.8. The maximum atomic E-state index is 12.9. The fraction of sp³-hybridized carbons (Fsp3) is 0.435. The third kappa shape index (κ3) is 4.23. The van der Waals surface area contributed by atoms with Gasteiger partial charge in [0.2, 0.25) is 15.9 Å². The molecule has 1 fully saturated rings. The van der Waals surface area contributed by atoms with Gasteiger partial charge in [-0.1, -0.05) is 12.1 Å². The molecule has 0 aromatic heterocycles. The van der Waals surface area contributed by atoms with Gasteiger partial charge in [-0.05, 0) is 73.6 Å². The highest BCUT2D eigenvalue weighted by Gasteiger charge is 2.27. The molecule has 2 heterocycles. The van der Waals surface area contributed by atoms with Crippen LogP contribution in [-0.2, 0) is 27.7 Å². The van der Waals surface area contributed by atoms with Crippen molar-refractivity contribution < 1.29 is 17.9 Å². The van der Waals surface area contributed by atoms with E-state index in [1.807, 2.05) is 35.2 Å². The molecule has 1 saturated heterocycles. The van der Waals surface area contributed by atoms with Crippen molar-refractivity contribution in [2.24, 2.45) is 0 Å². The summed E-state index contributed by atoms with van der Waals surface area (Å²) in [6.07, 6.45) is 4.71. The minimum Gasteiger partial charge on any atom is -0.497 e. The topological polar surface area (TPSA) is 66.9 Å². The molecular formula is C23H28N2O4S. The highest BCUT2D eigenvalue weighted by Crippen LogP contribution is 2.31. The van der Waals surface area contributed by atoms with Crippen molar-refractivity contribution in [2.45, 2.75) is 43.4 Å². The molecule has 0 aliphatic carbocycles. The van der Waals surface area contributed by atoms with Crippen molar-refractivity contribution in [3.8, 4) is 5.75 Å². The predicted molar refractivity (Wildman–Crippen MR) is 116 cm³/mol. The summed E-state index contributed by atoms with van der Waals surface area (Å²) >= 11 is 0. The van der Waals surface area contributed by atoms with Crippen molar-refractivity contribution in [3.63, 3.8) is 0 Å². The molecule has 160 valence electrons. The first-order valence-corrected chi connectivity index (χ1v) is 12.0. The van der Waals surface area contributed by atoms with Gasteiger partial charge < -0.3 is 9.64 Å². The van der Waals surface area contributed by atoms with E-state index in [0.29, 0.717) is 30.8 Å². The Balaban J connectivity index is 1.40. The molecule has 0 N–H and O–H groups in total. The molecule has 2 aromatic carbocycles. The molecule has 1 amide bonds. The van der Waals surface area contributed by atoms with E-state index in [-0.39, 0.29) is 5.91 Å². The number of hydrogen-bond donors (Lipinski definition) is 0.